The van der Waals surface area contributed by atoms with Crippen LogP contribution in [0.15, 0.2) is 18.2 Å². The lowest BCUT2D eigenvalue weighted by Gasteiger charge is -2.39. The summed E-state index contributed by atoms with van der Waals surface area (Å²) in [7, 11) is 0. The number of benzene rings is 1. The number of nitrogens with zero attached hydrogens (tertiary/aromatic N) is 2. The molecule has 3 aliphatic rings. The maximum Gasteiger partial charge on any atom is 0.317 e. The molecule has 4 amide bonds. The van der Waals surface area contributed by atoms with E-state index in [1.165, 1.54) is 0 Å². The molecule has 2 atom stereocenters. The number of nitrogens with one attached hydrogen (secondary N) is 2. The highest BCUT2D eigenvalue weighted by atomic mass is 16.5. The molecule has 0 aliphatic carbocycles. The molecule has 144 valence electrons. The summed E-state index contributed by atoms with van der Waals surface area (Å²) < 4.78 is 6.04. The highest BCUT2D eigenvalue weighted by Gasteiger charge is 2.43. The standard InChI is InChI=1S/C19H24N4O4/c1-11-4-3-5-12(2)17(11)27-14-9-22(10-14)19(26)21-13-6-15-18(25)20-7-16(24)23(15)8-13/h3-5,13-15H,6-10H2,1-2H3,(H,20,25)(H,21,26). The third-order valence-corrected chi connectivity index (χ3v) is 5.49. The van der Waals surface area contributed by atoms with E-state index in [-0.39, 0.29) is 36.5 Å². The van der Waals surface area contributed by atoms with E-state index in [0.717, 1.165) is 16.9 Å². The molecular weight excluding hydrogens is 348 g/mol. The second-order valence-electron chi connectivity index (χ2n) is 7.53. The minimum atomic E-state index is -0.465. The van der Waals surface area contributed by atoms with Crippen LogP contribution >= 0.6 is 0 Å². The quantitative estimate of drug-likeness (QED) is 0.792. The number of amides is 4. The predicted octanol–water partition coefficient (Wildman–Crippen LogP) is 0.175. The number of hydrogen-bond acceptors (Lipinski definition) is 4. The fraction of sp³-hybridized carbons (Fsp3) is 0.526. The van der Waals surface area contributed by atoms with Crippen molar-refractivity contribution in [2.24, 2.45) is 0 Å². The van der Waals surface area contributed by atoms with E-state index in [9.17, 15) is 14.4 Å². The summed E-state index contributed by atoms with van der Waals surface area (Å²) in [4.78, 5) is 39.5. The van der Waals surface area contributed by atoms with E-state index in [1.807, 2.05) is 32.0 Å². The summed E-state index contributed by atoms with van der Waals surface area (Å²) in [5, 5.41) is 5.53. The minimum absolute atomic E-state index is 0.0159. The molecule has 1 aromatic rings. The number of carbonyl (C=O) groups is 3. The summed E-state index contributed by atoms with van der Waals surface area (Å²) in [6.07, 6.45) is 0.442. The monoisotopic (exact) mass is 372 g/mol. The molecule has 8 heteroatoms. The van der Waals surface area contributed by atoms with E-state index in [4.69, 9.17) is 4.74 Å². The highest BCUT2D eigenvalue weighted by molar-refractivity contribution is 5.95. The van der Waals surface area contributed by atoms with Gasteiger partial charge in [-0.05, 0) is 31.4 Å². The van der Waals surface area contributed by atoms with Gasteiger partial charge < -0.3 is 25.2 Å². The van der Waals surface area contributed by atoms with E-state index < -0.39 is 6.04 Å². The van der Waals surface area contributed by atoms with Crippen LogP contribution in [0.4, 0.5) is 4.79 Å². The van der Waals surface area contributed by atoms with Crippen LogP contribution in [0.25, 0.3) is 0 Å². The van der Waals surface area contributed by atoms with Crippen LogP contribution in [-0.4, -0.2) is 72.0 Å². The number of ether oxygens (including phenoxy) is 1. The molecule has 3 aliphatic heterocycles. The smallest absolute Gasteiger partial charge is 0.317 e. The first-order chi connectivity index (χ1) is 12.9. The molecule has 27 heavy (non-hydrogen) atoms. The fourth-order valence-electron chi connectivity index (χ4n) is 3.94. The van der Waals surface area contributed by atoms with Gasteiger partial charge in [0.05, 0.1) is 25.7 Å². The first-order valence-corrected chi connectivity index (χ1v) is 9.28. The first kappa shape index (κ1) is 17.6. The summed E-state index contributed by atoms with van der Waals surface area (Å²) in [5.41, 5.74) is 2.17. The van der Waals surface area contributed by atoms with Gasteiger partial charge in [0.1, 0.15) is 17.9 Å². The minimum Gasteiger partial charge on any atom is -0.486 e. The Bertz CT molecular complexity index is 746. The molecule has 3 fully saturated rings. The summed E-state index contributed by atoms with van der Waals surface area (Å²) in [6.45, 7) is 5.51. The second-order valence-corrected chi connectivity index (χ2v) is 7.53. The van der Waals surface area contributed by atoms with Crippen LogP contribution in [0.5, 0.6) is 5.75 Å². The van der Waals surface area contributed by atoms with Crippen molar-refractivity contribution in [2.45, 2.75) is 38.5 Å². The van der Waals surface area contributed by atoms with Gasteiger partial charge in [0, 0.05) is 6.54 Å². The molecule has 2 N–H and O–H groups in total. The van der Waals surface area contributed by atoms with Gasteiger partial charge >= 0.3 is 6.03 Å². The second kappa shape index (κ2) is 6.75. The number of fused-ring (bicyclic) bond motifs is 1. The van der Waals surface area contributed by atoms with Crippen molar-refractivity contribution in [1.29, 1.82) is 0 Å². The molecule has 8 nitrogen and oxygen atoms in total. The Morgan fingerprint density at radius 1 is 1.19 bits per heavy atom. The molecule has 0 bridgehead atoms. The zero-order valence-electron chi connectivity index (χ0n) is 15.5. The van der Waals surface area contributed by atoms with Crippen LogP contribution in [0.2, 0.25) is 0 Å². The SMILES string of the molecule is Cc1cccc(C)c1OC1CN(C(=O)NC2CC3C(=O)NCC(=O)N3C2)C1. The Balaban J connectivity index is 1.28. The summed E-state index contributed by atoms with van der Waals surface area (Å²) >= 11 is 0. The zero-order valence-corrected chi connectivity index (χ0v) is 15.5. The average Bonchev–Trinajstić information content (AvgIpc) is 3.01. The number of carbonyl (C=O) groups excluding carboxylic acids is 3. The van der Waals surface area contributed by atoms with Crippen LogP contribution in [-0.2, 0) is 9.59 Å². The first-order valence-electron chi connectivity index (χ1n) is 9.28. The van der Waals surface area contributed by atoms with Crippen molar-refractivity contribution in [1.82, 2.24) is 20.4 Å². The fourth-order valence-corrected chi connectivity index (χ4v) is 3.94. The highest BCUT2D eigenvalue weighted by Crippen LogP contribution is 2.26. The zero-order chi connectivity index (χ0) is 19.1. The Morgan fingerprint density at radius 3 is 2.56 bits per heavy atom. The third kappa shape index (κ3) is 3.31. The number of likely N-dealkylation sites (tertiary alicyclic amines) is 1. The predicted molar refractivity (Wildman–Crippen MR) is 97.4 cm³/mol. The van der Waals surface area contributed by atoms with Crippen LogP contribution in [0.3, 0.4) is 0 Å². The number of rotatable bonds is 3. The van der Waals surface area contributed by atoms with Crippen molar-refractivity contribution < 1.29 is 19.1 Å². The van der Waals surface area contributed by atoms with Gasteiger partial charge in [-0.2, -0.15) is 0 Å². The largest absolute Gasteiger partial charge is 0.486 e. The van der Waals surface area contributed by atoms with Crippen molar-refractivity contribution in [3.8, 4) is 5.75 Å². The van der Waals surface area contributed by atoms with Gasteiger partial charge in [0.15, 0.2) is 0 Å². The third-order valence-electron chi connectivity index (χ3n) is 5.49. The lowest BCUT2D eigenvalue weighted by molar-refractivity contribution is -0.143. The lowest BCUT2D eigenvalue weighted by Crippen LogP contribution is -2.60. The normalized spacial score (nSPS) is 25.0. The van der Waals surface area contributed by atoms with Crippen molar-refractivity contribution in [3.63, 3.8) is 0 Å². The molecule has 0 aromatic heterocycles. The van der Waals surface area contributed by atoms with E-state index in [2.05, 4.69) is 10.6 Å². The molecule has 2 unspecified atom stereocenters. The van der Waals surface area contributed by atoms with Gasteiger partial charge in [0.2, 0.25) is 11.8 Å². The topological polar surface area (TPSA) is 91.0 Å². The van der Waals surface area contributed by atoms with Crippen LogP contribution < -0.4 is 15.4 Å². The Labute approximate surface area is 157 Å². The molecule has 1 aromatic carbocycles. The van der Waals surface area contributed by atoms with Crippen molar-refractivity contribution in [2.75, 3.05) is 26.2 Å². The lowest BCUT2D eigenvalue weighted by atomic mass is 10.1. The molecule has 0 spiro atoms. The Morgan fingerprint density at radius 2 is 1.89 bits per heavy atom. The van der Waals surface area contributed by atoms with E-state index in [1.54, 1.807) is 9.80 Å². The maximum absolute atomic E-state index is 12.4. The van der Waals surface area contributed by atoms with E-state index >= 15 is 0 Å². The average molecular weight is 372 g/mol. The van der Waals surface area contributed by atoms with Crippen molar-refractivity contribution in [3.05, 3.63) is 29.3 Å². The number of urea groups is 1. The molecule has 4 rings (SSSR count). The number of piperazine rings is 1. The molecule has 0 saturated carbocycles. The van der Waals surface area contributed by atoms with Crippen LogP contribution in [0.1, 0.15) is 17.5 Å². The number of aryl methyl sites for hydroxylation is 2. The Hall–Kier alpha value is -2.77. The van der Waals surface area contributed by atoms with Gasteiger partial charge in [-0.1, -0.05) is 18.2 Å². The van der Waals surface area contributed by atoms with Gasteiger partial charge in [-0.3, -0.25) is 9.59 Å². The summed E-state index contributed by atoms with van der Waals surface area (Å²) in [6, 6.07) is 5.18. The van der Waals surface area contributed by atoms with Crippen molar-refractivity contribution >= 4 is 17.8 Å². The molecule has 0 radical (unpaired) electrons. The molecule has 3 saturated heterocycles. The van der Waals surface area contributed by atoms with Crippen LogP contribution in [0, 0.1) is 13.8 Å². The maximum atomic E-state index is 12.4. The van der Waals surface area contributed by atoms with E-state index in [0.29, 0.717) is 26.1 Å². The van der Waals surface area contributed by atoms with Gasteiger partial charge in [-0.15, -0.1) is 0 Å². The summed E-state index contributed by atoms with van der Waals surface area (Å²) in [5.74, 6) is 0.652. The van der Waals surface area contributed by atoms with Gasteiger partial charge in [0.25, 0.3) is 0 Å². The number of para-hydroxylation sites is 1. The van der Waals surface area contributed by atoms with Gasteiger partial charge in [-0.25, -0.2) is 4.79 Å². The Kier molecular flexibility index (Phi) is 4.41. The number of hydrogen-bond donors (Lipinski definition) is 2. The molecular formula is C19H24N4O4. The molecule has 3 heterocycles.